The van der Waals surface area contributed by atoms with Gasteiger partial charge in [-0.3, -0.25) is 14.9 Å². The fourth-order valence-corrected chi connectivity index (χ4v) is 4.98. The fraction of sp³-hybridized carbons (Fsp3) is 0.321. The molecule has 0 aliphatic carbocycles. The third kappa shape index (κ3) is 5.80. The molecule has 0 unspecified atom stereocenters. The second-order valence-electron chi connectivity index (χ2n) is 9.73. The van der Waals surface area contributed by atoms with Crippen LogP contribution in [0.1, 0.15) is 53.9 Å². The highest BCUT2D eigenvalue weighted by atomic mass is 35.5. The van der Waals surface area contributed by atoms with Gasteiger partial charge in [0.1, 0.15) is 17.5 Å². The Labute approximate surface area is 229 Å². The molecule has 5 rings (SSSR count). The Balaban J connectivity index is 1.30. The standard InChI is InChI=1S/C28H27ClN4O6/c1-18-10-12-31(13-11-18)23-9-6-20(15-24(23)33(36)37)28(35)39-17-27(34)32-25(26-3-2-14-38-26)16-22(30-32)19-4-7-21(29)8-5-19/h2-9,14-15,18,25H,10-13,16-17H2,1H3/t25-/m1/s1. The minimum absolute atomic E-state index is 0.00186. The van der Waals surface area contributed by atoms with Crippen LogP contribution in [-0.2, 0) is 9.53 Å². The van der Waals surface area contributed by atoms with Gasteiger partial charge in [0.15, 0.2) is 6.61 Å². The van der Waals surface area contributed by atoms with E-state index in [0.29, 0.717) is 47.6 Å². The highest BCUT2D eigenvalue weighted by molar-refractivity contribution is 6.30. The second-order valence-corrected chi connectivity index (χ2v) is 10.2. The van der Waals surface area contributed by atoms with Crippen molar-refractivity contribution in [2.75, 3.05) is 24.6 Å². The summed E-state index contributed by atoms with van der Waals surface area (Å²) in [5.74, 6) is -0.273. The van der Waals surface area contributed by atoms with E-state index in [2.05, 4.69) is 12.0 Å². The number of nitro benzene ring substituents is 1. The quantitative estimate of drug-likeness (QED) is 0.213. The first kappa shape index (κ1) is 26.4. The number of furan rings is 1. The molecule has 11 heteroatoms. The molecular formula is C28H27ClN4O6. The lowest BCUT2D eigenvalue weighted by Gasteiger charge is -2.31. The van der Waals surface area contributed by atoms with Crippen LogP contribution < -0.4 is 4.90 Å². The van der Waals surface area contributed by atoms with E-state index in [1.165, 1.54) is 23.4 Å². The first-order chi connectivity index (χ1) is 18.8. The number of benzene rings is 2. The molecule has 0 bridgehead atoms. The van der Waals surface area contributed by atoms with Gasteiger partial charge >= 0.3 is 5.97 Å². The minimum Gasteiger partial charge on any atom is -0.467 e. The Morgan fingerprint density at radius 1 is 1.15 bits per heavy atom. The molecule has 1 saturated heterocycles. The molecule has 10 nitrogen and oxygen atoms in total. The van der Waals surface area contributed by atoms with Crippen molar-refractivity contribution in [3.8, 4) is 0 Å². The van der Waals surface area contributed by atoms with Crippen LogP contribution in [0, 0.1) is 16.0 Å². The third-order valence-electron chi connectivity index (χ3n) is 7.07. The molecule has 0 saturated carbocycles. The summed E-state index contributed by atoms with van der Waals surface area (Å²) in [4.78, 5) is 39.2. The first-order valence-electron chi connectivity index (χ1n) is 12.7. The third-order valence-corrected chi connectivity index (χ3v) is 7.33. The Hall–Kier alpha value is -4.18. The number of carbonyl (C=O) groups is 2. The number of halogens is 1. The Bertz CT molecular complexity index is 1400. The van der Waals surface area contributed by atoms with Gasteiger partial charge in [0.2, 0.25) is 0 Å². The van der Waals surface area contributed by atoms with Crippen LogP contribution >= 0.6 is 11.6 Å². The summed E-state index contributed by atoms with van der Waals surface area (Å²) in [7, 11) is 0. The molecule has 2 aromatic carbocycles. The summed E-state index contributed by atoms with van der Waals surface area (Å²) >= 11 is 6.00. The molecule has 2 aliphatic heterocycles. The van der Waals surface area contributed by atoms with Gasteiger partial charge < -0.3 is 14.1 Å². The van der Waals surface area contributed by atoms with E-state index in [1.54, 1.807) is 30.3 Å². The van der Waals surface area contributed by atoms with Gasteiger partial charge in [-0.1, -0.05) is 30.7 Å². The van der Waals surface area contributed by atoms with E-state index in [1.807, 2.05) is 17.0 Å². The molecule has 0 N–H and O–H groups in total. The van der Waals surface area contributed by atoms with Crippen molar-refractivity contribution in [1.82, 2.24) is 5.01 Å². The lowest BCUT2D eigenvalue weighted by atomic mass is 9.98. The lowest BCUT2D eigenvalue weighted by Crippen LogP contribution is -2.33. The van der Waals surface area contributed by atoms with Gasteiger partial charge in [0.25, 0.3) is 11.6 Å². The highest BCUT2D eigenvalue weighted by Crippen LogP contribution is 2.34. The molecule has 0 radical (unpaired) electrons. The van der Waals surface area contributed by atoms with Gasteiger partial charge in [-0.25, -0.2) is 9.80 Å². The maximum absolute atomic E-state index is 13.1. The smallest absolute Gasteiger partial charge is 0.338 e. The molecular weight excluding hydrogens is 524 g/mol. The minimum atomic E-state index is -0.832. The van der Waals surface area contributed by atoms with E-state index in [9.17, 15) is 19.7 Å². The van der Waals surface area contributed by atoms with Crippen molar-refractivity contribution in [3.05, 3.63) is 92.9 Å². The maximum atomic E-state index is 13.1. The molecule has 1 amide bonds. The SMILES string of the molecule is CC1CCN(c2ccc(C(=O)OCC(=O)N3N=C(c4ccc(Cl)cc4)C[C@@H]3c3ccco3)cc2[N+](=O)[O-])CC1. The summed E-state index contributed by atoms with van der Waals surface area (Å²) in [6.45, 7) is 3.00. The number of amides is 1. The highest BCUT2D eigenvalue weighted by Gasteiger charge is 2.35. The Kier molecular flexibility index (Phi) is 7.65. The van der Waals surface area contributed by atoms with E-state index in [-0.39, 0.29) is 11.3 Å². The van der Waals surface area contributed by atoms with Crippen LogP contribution in [0.15, 0.2) is 70.4 Å². The molecule has 1 atom stereocenters. The van der Waals surface area contributed by atoms with Crippen LogP contribution in [0.25, 0.3) is 0 Å². The molecule has 2 aliphatic rings. The van der Waals surface area contributed by atoms with Crippen molar-refractivity contribution in [1.29, 1.82) is 0 Å². The van der Waals surface area contributed by atoms with Crippen LogP contribution in [0.4, 0.5) is 11.4 Å². The number of esters is 1. The van der Waals surface area contributed by atoms with Gasteiger partial charge in [-0.05, 0) is 60.7 Å². The first-order valence-corrected chi connectivity index (χ1v) is 13.1. The van der Waals surface area contributed by atoms with Crippen molar-refractivity contribution in [2.45, 2.75) is 32.2 Å². The average molecular weight is 551 g/mol. The molecule has 3 aromatic rings. The monoisotopic (exact) mass is 550 g/mol. The van der Waals surface area contributed by atoms with Crippen molar-refractivity contribution in [2.24, 2.45) is 11.0 Å². The fourth-order valence-electron chi connectivity index (χ4n) is 4.85. The second kappa shape index (κ2) is 11.3. The zero-order chi connectivity index (χ0) is 27.5. The predicted molar refractivity (Wildman–Crippen MR) is 145 cm³/mol. The summed E-state index contributed by atoms with van der Waals surface area (Å²) in [5.41, 5.74) is 1.77. The summed E-state index contributed by atoms with van der Waals surface area (Å²) in [6.07, 6.45) is 3.80. The Morgan fingerprint density at radius 2 is 1.90 bits per heavy atom. The number of hydrazone groups is 1. The van der Waals surface area contributed by atoms with Crippen LogP contribution in [0.3, 0.4) is 0 Å². The number of carbonyl (C=O) groups excluding carboxylic acids is 2. The molecule has 39 heavy (non-hydrogen) atoms. The molecule has 1 aromatic heterocycles. The van der Waals surface area contributed by atoms with Gasteiger partial charge in [-0.2, -0.15) is 5.10 Å². The number of anilines is 1. The topological polar surface area (TPSA) is 118 Å². The van der Waals surface area contributed by atoms with Crippen LogP contribution in [-0.4, -0.2) is 47.2 Å². The van der Waals surface area contributed by atoms with Gasteiger partial charge in [0, 0.05) is 30.6 Å². The molecule has 1 fully saturated rings. The van der Waals surface area contributed by atoms with Gasteiger partial charge in [0.05, 0.1) is 22.5 Å². The number of rotatable bonds is 7. The number of ether oxygens (including phenoxy) is 1. The van der Waals surface area contributed by atoms with E-state index < -0.39 is 29.4 Å². The number of hydrogen-bond donors (Lipinski definition) is 0. The average Bonchev–Trinajstić information content (AvgIpc) is 3.63. The van der Waals surface area contributed by atoms with Gasteiger partial charge in [-0.15, -0.1) is 0 Å². The summed E-state index contributed by atoms with van der Waals surface area (Å²) in [5, 5.41) is 18.1. The van der Waals surface area contributed by atoms with E-state index in [4.69, 9.17) is 20.8 Å². The number of nitro groups is 1. The Morgan fingerprint density at radius 3 is 2.56 bits per heavy atom. The van der Waals surface area contributed by atoms with Crippen molar-refractivity contribution in [3.63, 3.8) is 0 Å². The maximum Gasteiger partial charge on any atom is 0.338 e. The molecule has 3 heterocycles. The van der Waals surface area contributed by atoms with E-state index >= 15 is 0 Å². The van der Waals surface area contributed by atoms with Crippen molar-refractivity contribution < 1.29 is 23.7 Å². The summed E-state index contributed by atoms with van der Waals surface area (Å²) < 4.78 is 10.8. The van der Waals surface area contributed by atoms with Crippen molar-refractivity contribution >= 4 is 40.6 Å². The largest absolute Gasteiger partial charge is 0.467 e. The number of piperidine rings is 1. The van der Waals surface area contributed by atoms with Crippen LogP contribution in [0.2, 0.25) is 5.02 Å². The van der Waals surface area contributed by atoms with Crippen LogP contribution in [0.5, 0.6) is 0 Å². The van der Waals surface area contributed by atoms with E-state index in [0.717, 1.165) is 18.4 Å². The predicted octanol–water partition coefficient (Wildman–Crippen LogP) is 5.61. The molecule has 202 valence electrons. The normalized spacial score (nSPS) is 17.7. The lowest BCUT2D eigenvalue weighted by molar-refractivity contribution is -0.384. The zero-order valence-electron chi connectivity index (χ0n) is 21.3. The number of nitrogens with zero attached hydrogens (tertiary/aromatic N) is 4. The molecule has 0 spiro atoms. The number of hydrogen-bond acceptors (Lipinski definition) is 8. The zero-order valence-corrected chi connectivity index (χ0v) is 22.0. The summed E-state index contributed by atoms with van der Waals surface area (Å²) in [6, 6.07) is 14.3.